The van der Waals surface area contributed by atoms with Crippen molar-refractivity contribution in [2.45, 2.75) is 19.3 Å². The molecule has 0 unspecified atom stereocenters. The van der Waals surface area contributed by atoms with Gasteiger partial charge in [-0.15, -0.1) is 0 Å². The number of amides is 1. The van der Waals surface area contributed by atoms with Crippen molar-refractivity contribution in [3.05, 3.63) is 33.9 Å². The van der Waals surface area contributed by atoms with Gasteiger partial charge in [0.05, 0.1) is 4.92 Å². The summed E-state index contributed by atoms with van der Waals surface area (Å²) in [7, 11) is 0. The Morgan fingerprint density at radius 2 is 2.16 bits per heavy atom. The average Bonchev–Trinajstić information content (AvgIpc) is 2.49. The molecule has 0 bridgehead atoms. The number of rotatable bonds is 3. The first-order valence-corrected chi connectivity index (χ1v) is 5.78. The molecule has 0 fully saturated rings. The van der Waals surface area contributed by atoms with Crippen LogP contribution in [0.1, 0.15) is 18.4 Å². The summed E-state index contributed by atoms with van der Waals surface area (Å²) in [5.74, 6) is -1.38. The van der Waals surface area contributed by atoms with Crippen molar-refractivity contribution in [2.75, 3.05) is 11.4 Å². The molecule has 1 aromatic rings. The number of nitro groups is 1. The van der Waals surface area contributed by atoms with Crippen LogP contribution < -0.4 is 4.90 Å². The van der Waals surface area contributed by atoms with Crippen molar-refractivity contribution < 1.29 is 19.6 Å². The molecule has 0 aliphatic carbocycles. The number of anilines is 1. The van der Waals surface area contributed by atoms with Crippen LogP contribution in [0.2, 0.25) is 0 Å². The Balaban J connectivity index is 2.45. The molecule has 1 aromatic carbocycles. The van der Waals surface area contributed by atoms with Gasteiger partial charge in [-0.1, -0.05) is 0 Å². The van der Waals surface area contributed by atoms with Crippen molar-refractivity contribution >= 4 is 23.3 Å². The molecule has 0 saturated heterocycles. The molecular formula is C12H12N2O5. The third-order valence-electron chi connectivity index (χ3n) is 3.00. The van der Waals surface area contributed by atoms with Crippen LogP contribution >= 0.6 is 0 Å². The molecule has 0 saturated carbocycles. The van der Waals surface area contributed by atoms with Gasteiger partial charge in [0.1, 0.15) is 6.54 Å². The standard InChI is InChI=1S/C12H12N2O5/c15-11-3-1-2-8-6-9(14(18)19)4-5-10(8)13(11)7-12(16)17/h4-6H,1-3,7H2,(H,16,17). The van der Waals surface area contributed by atoms with Gasteiger partial charge in [0.2, 0.25) is 5.91 Å². The quantitative estimate of drug-likeness (QED) is 0.656. The predicted octanol–water partition coefficient (Wildman–Crippen LogP) is 1.35. The van der Waals surface area contributed by atoms with E-state index >= 15 is 0 Å². The van der Waals surface area contributed by atoms with Gasteiger partial charge < -0.3 is 10.0 Å². The highest BCUT2D eigenvalue weighted by Gasteiger charge is 2.25. The minimum absolute atomic E-state index is 0.0524. The maximum Gasteiger partial charge on any atom is 0.323 e. The zero-order valence-corrected chi connectivity index (χ0v) is 10.0. The smallest absolute Gasteiger partial charge is 0.323 e. The number of aliphatic carboxylic acids is 1. The molecule has 1 heterocycles. The largest absolute Gasteiger partial charge is 0.480 e. The number of hydrogen-bond acceptors (Lipinski definition) is 4. The maximum atomic E-state index is 11.9. The van der Waals surface area contributed by atoms with E-state index in [4.69, 9.17) is 5.11 Å². The van der Waals surface area contributed by atoms with Crippen LogP contribution in [-0.2, 0) is 16.0 Å². The van der Waals surface area contributed by atoms with Crippen LogP contribution in [0.25, 0.3) is 0 Å². The fraction of sp³-hybridized carbons (Fsp3) is 0.333. The van der Waals surface area contributed by atoms with Crippen molar-refractivity contribution in [1.29, 1.82) is 0 Å². The summed E-state index contributed by atoms with van der Waals surface area (Å²) < 4.78 is 0. The average molecular weight is 264 g/mol. The minimum Gasteiger partial charge on any atom is -0.480 e. The van der Waals surface area contributed by atoms with Crippen molar-refractivity contribution in [1.82, 2.24) is 0 Å². The Morgan fingerprint density at radius 1 is 1.42 bits per heavy atom. The molecule has 1 aliphatic rings. The van der Waals surface area contributed by atoms with Crippen LogP contribution in [0.3, 0.4) is 0 Å². The summed E-state index contributed by atoms with van der Waals surface area (Å²) >= 11 is 0. The molecular weight excluding hydrogens is 252 g/mol. The summed E-state index contributed by atoms with van der Waals surface area (Å²) in [5.41, 5.74) is 1.04. The fourth-order valence-corrected chi connectivity index (χ4v) is 2.16. The zero-order chi connectivity index (χ0) is 14.0. The molecule has 7 nitrogen and oxygen atoms in total. The first-order chi connectivity index (χ1) is 8.99. The predicted molar refractivity (Wildman–Crippen MR) is 66.0 cm³/mol. The van der Waals surface area contributed by atoms with Gasteiger partial charge in [0.15, 0.2) is 0 Å². The van der Waals surface area contributed by atoms with E-state index in [9.17, 15) is 19.7 Å². The lowest BCUT2D eigenvalue weighted by molar-refractivity contribution is -0.384. The first kappa shape index (κ1) is 13.0. The number of aryl methyl sites for hydroxylation is 1. The molecule has 1 amide bonds. The first-order valence-electron chi connectivity index (χ1n) is 5.78. The Labute approximate surface area is 108 Å². The SMILES string of the molecule is O=C(O)CN1C(=O)CCCc2cc([N+](=O)[O-])ccc21. The number of nitro benzene ring substituents is 1. The third-order valence-corrected chi connectivity index (χ3v) is 3.00. The summed E-state index contributed by atoms with van der Waals surface area (Å²) in [5, 5.41) is 19.6. The van der Waals surface area contributed by atoms with Gasteiger partial charge in [-0.2, -0.15) is 0 Å². The third kappa shape index (κ3) is 2.70. The molecule has 1 aliphatic heterocycles. The number of nitrogens with zero attached hydrogens (tertiary/aromatic N) is 2. The van der Waals surface area contributed by atoms with Crippen LogP contribution in [0.15, 0.2) is 18.2 Å². The van der Waals surface area contributed by atoms with E-state index in [0.29, 0.717) is 24.1 Å². The summed E-state index contributed by atoms with van der Waals surface area (Å²) in [6.07, 6.45) is 1.33. The van der Waals surface area contributed by atoms with Crippen LogP contribution in [0.5, 0.6) is 0 Å². The zero-order valence-electron chi connectivity index (χ0n) is 10.0. The lowest BCUT2D eigenvalue weighted by atomic mass is 10.1. The van der Waals surface area contributed by atoms with Crippen LogP contribution in [0.4, 0.5) is 11.4 Å². The van der Waals surface area contributed by atoms with Crippen molar-refractivity contribution in [2.24, 2.45) is 0 Å². The van der Waals surface area contributed by atoms with Gasteiger partial charge in [-0.05, 0) is 24.5 Å². The van der Waals surface area contributed by atoms with E-state index in [1.54, 1.807) is 0 Å². The molecule has 100 valence electrons. The van der Waals surface area contributed by atoms with Crippen molar-refractivity contribution in [3.8, 4) is 0 Å². The molecule has 0 radical (unpaired) electrons. The Bertz CT molecular complexity index is 555. The van der Waals surface area contributed by atoms with Gasteiger partial charge >= 0.3 is 5.97 Å². The van der Waals surface area contributed by atoms with Crippen molar-refractivity contribution in [3.63, 3.8) is 0 Å². The Morgan fingerprint density at radius 3 is 2.79 bits per heavy atom. The monoisotopic (exact) mass is 264 g/mol. The van der Waals surface area contributed by atoms with Gasteiger partial charge in [-0.3, -0.25) is 19.7 Å². The minimum atomic E-state index is -1.11. The van der Waals surface area contributed by atoms with Gasteiger partial charge in [-0.25, -0.2) is 0 Å². The summed E-state index contributed by atoms with van der Waals surface area (Å²) in [6.45, 7) is -0.427. The number of benzene rings is 1. The Kier molecular flexibility index (Phi) is 3.46. The highest BCUT2D eigenvalue weighted by Crippen LogP contribution is 2.30. The maximum absolute atomic E-state index is 11.9. The van der Waals surface area contributed by atoms with Crippen LogP contribution in [0, 0.1) is 10.1 Å². The number of carbonyl (C=O) groups is 2. The normalized spacial score (nSPS) is 14.7. The second-order valence-electron chi connectivity index (χ2n) is 4.30. The van der Waals surface area contributed by atoms with E-state index < -0.39 is 17.4 Å². The molecule has 0 aromatic heterocycles. The molecule has 0 spiro atoms. The second kappa shape index (κ2) is 5.05. The van der Waals surface area contributed by atoms with E-state index in [-0.39, 0.29) is 18.0 Å². The number of carbonyl (C=O) groups excluding carboxylic acids is 1. The molecule has 1 N–H and O–H groups in total. The highest BCUT2D eigenvalue weighted by atomic mass is 16.6. The van der Waals surface area contributed by atoms with E-state index in [0.717, 1.165) is 0 Å². The number of hydrogen-bond donors (Lipinski definition) is 1. The summed E-state index contributed by atoms with van der Waals surface area (Å²) in [6, 6.07) is 4.13. The number of carboxylic acids is 1. The highest BCUT2D eigenvalue weighted by molar-refractivity contribution is 5.98. The van der Waals surface area contributed by atoms with E-state index in [1.165, 1.54) is 23.1 Å². The van der Waals surface area contributed by atoms with E-state index in [2.05, 4.69) is 0 Å². The van der Waals surface area contributed by atoms with Gasteiger partial charge in [0, 0.05) is 24.2 Å². The molecule has 7 heteroatoms. The molecule has 19 heavy (non-hydrogen) atoms. The summed E-state index contributed by atoms with van der Waals surface area (Å²) in [4.78, 5) is 34.1. The molecule has 0 atom stereocenters. The lowest BCUT2D eigenvalue weighted by Gasteiger charge is -2.20. The Hall–Kier alpha value is -2.44. The second-order valence-corrected chi connectivity index (χ2v) is 4.30. The fourth-order valence-electron chi connectivity index (χ4n) is 2.16. The number of fused-ring (bicyclic) bond motifs is 1. The van der Waals surface area contributed by atoms with E-state index in [1.807, 2.05) is 0 Å². The number of carboxylic acid groups (broad SMARTS) is 1. The topological polar surface area (TPSA) is 101 Å². The van der Waals surface area contributed by atoms with Gasteiger partial charge in [0.25, 0.3) is 5.69 Å². The lowest BCUT2D eigenvalue weighted by Crippen LogP contribution is -2.35. The van der Waals surface area contributed by atoms with Crippen LogP contribution in [-0.4, -0.2) is 28.5 Å². The number of non-ortho nitro benzene ring substituents is 1. The molecule has 2 rings (SSSR count).